The van der Waals surface area contributed by atoms with Crippen LogP contribution >= 0.6 is 11.3 Å². The minimum atomic E-state index is -0.201. The number of fused-ring (bicyclic) bond motifs is 1. The van der Waals surface area contributed by atoms with E-state index in [4.69, 9.17) is 0 Å². The summed E-state index contributed by atoms with van der Waals surface area (Å²) in [5.74, 6) is -0.0555. The molecule has 6 nitrogen and oxygen atoms in total. The number of aromatic nitrogens is 2. The third-order valence-corrected chi connectivity index (χ3v) is 5.22. The Hall–Kier alpha value is -2.80. The first-order chi connectivity index (χ1) is 12.1. The predicted molar refractivity (Wildman–Crippen MR) is 96.2 cm³/mol. The number of nitrogens with zero attached hydrogens (tertiary/aromatic N) is 3. The molecule has 0 saturated carbocycles. The van der Waals surface area contributed by atoms with Gasteiger partial charge in [-0.2, -0.15) is 0 Å². The summed E-state index contributed by atoms with van der Waals surface area (Å²) in [6, 6.07) is 8.74. The highest BCUT2D eigenvalue weighted by molar-refractivity contribution is 7.17. The summed E-state index contributed by atoms with van der Waals surface area (Å²) >= 11 is 1.32. The maximum atomic E-state index is 12.5. The Balaban J connectivity index is 1.55. The number of carbonyl (C=O) groups excluding carboxylic acids is 2. The fourth-order valence-corrected chi connectivity index (χ4v) is 3.78. The molecule has 0 unspecified atom stereocenters. The van der Waals surface area contributed by atoms with E-state index < -0.39 is 0 Å². The van der Waals surface area contributed by atoms with Gasteiger partial charge in [0.1, 0.15) is 4.70 Å². The number of hydrogen-bond acceptors (Lipinski definition) is 5. The Morgan fingerprint density at radius 2 is 1.96 bits per heavy atom. The molecule has 0 radical (unpaired) electrons. The normalized spacial score (nSPS) is 14.4. The van der Waals surface area contributed by atoms with Gasteiger partial charge in [-0.05, 0) is 42.1 Å². The van der Waals surface area contributed by atoms with Gasteiger partial charge in [0.2, 0.25) is 5.91 Å². The molecule has 1 aliphatic heterocycles. The second kappa shape index (κ2) is 6.25. The van der Waals surface area contributed by atoms with Gasteiger partial charge in [-0.25, -0.2) is 4.98 Å². The van der Waals surface area contributed by atoms with Crippen molar-refractivity contribution in [2.45, 2.75) is 19.4 Å². The number of carbonyl (C=O) groups is 2. The van der Waals surface area contributed by atoms with Crippen LogP contribution in [0, 0.1) is 0 Å². The summed E-state index contributed by atoms with van der Waals surface area (Å²) in [5.41, 5.74) is 1.76. The molecule has 1 aliphatic rings. The smallest absolute Gasteiger partial charge is 0.271 e. The standard InChI is InChI=1S/C18H15N3O3S/c22-15(10-20-11-19-14-7-9-25-17(14)18(20)24)12-3-5-13(6-4-12)21-8-1-2-16(21)23/h3-7,9,11H,1-2,8,10H2. The monoisotopic (exact) mass is 353 g/mol. The molecule has 0 bridgehead atoms. The highest BCUT2D eigenvalue weighted by Crippen LogP contribution is 2.22. The molecule has 25 heavy (non-hydrogen) atoms. The van der Waals surface area contributed by atoms with Gasteiger partial charge in [-0.1, -0.05) is 0 Å². The first-order valence-corrected chi connectivity index (χ1v) is 8.88. The zero-order chi connectivity index (χ0) is 17.4. The van der Waals surface area contributed by atoms with Crippen molar-refractivity contribution >= 4 is 38.9 Å². The van der Waals surface area contributed by atoms with Crippen LogP contribution in [-0.4, -0.2) is 27.8 Å². The molecule has 3 aromatic rings. The van der Waals surface area contributed by atoms with Crippen LogP contribution in [0.15, 0.2) is 46.8 Å². The summed E-state index contributed by atoms with van der Waals surface area (Å²) in [5, 5.41) is 1.81. The van der Waals surface area contributed by atoms with E-state index >= 15 is 0 Å². The Morgan fingerprint density at radius 1 is 1.16 bits per heavy atom. The van der Waals surface area contributed by atoms with Crippen LogP contribution in [0.5, 0.6) is 0 Å². The van der Waals surface area contributed by atoms with E-state index in [0.29, 0.717) is 28.7 Å². The molecular formula is C18H15N3O3S. The Labute approximate surface area is 147 Å². The van der Waals surface area contributed by atoms with Crippen molar-refractivity contribution in [2.75, 3.05) is 11.4 Å². The van der Waals surface area contributed by atoms with E-state index in [1.807, 2.05) is 5.38 Å². The van der Waals surface area contributed by atoms with E-state index in [1.54, 1.807) is 35.2 Å². The van der Waals surface area contributed by atoms with Crippen molar-refractivity contribution < 1.29 is 9.59 Å². The molecule has 0 spiro atoms. The summed E-state index contributed by atoms with van der Waals surface area (Å²) in [6.07, 6.45) is 2.84. The van der Waals surface area contributed by atoms with Gasteiger partial charge in [0.25, 0.3) is 5.56 Å². The van der Waals surface area contributed by atoms with Gasteiger partial charge >= 0.3 is 0 Å². The lowest BCUT2D eigenvalue weighted by molar-refractivity contribution is -0.117. The first-order valence-electron chi connectivity index (χ1n) is 8.00. The van der Waals surface area contributed by atoms with Crippen LogP contribution < -0.4 is 10.5 Å². The lowest BCUT2D eigenvalue weighted by Crippen LogP contribution is -2.25. The Bertz CT molecular complexity index is 1020. The van der Waals surface area contributed by atoms with Gasteiger partial charge in [0.05, 0.1) is 18.4 Å². The van der Waals surface area contributed by atoms with E-state index in [9.17, 15) is 14.4 Å². The molecule has 2 aromatic heterocycles. The molecule has 3 heterocycles. The molecule has 0 N–H and O–H groups in total. The average molecular weight is 353 g/mol. The van der Waals surface area contributed by atoms with Gasteiger partial charge in [-0.3, -0.25) is 19.0 Å². The summed E-state index contributed by atoms with van der Waals surface area (Å²) in [7, 11) is 0. The van der Waals surface area contributed by atoms with Crippen molar-refractivity contribution in [1.82, 2.24) is 9.55 Å². The van der Waals surface area contributed by atoms with Crippen molar-refractivity contribution in [3.8, 4) is 0 Å². The van der Waals surface area contributed by atoms with Gasteiger partial charge in [-0.15, -0.1) is 11.3 Å². The fourth-order valence-electron chi connectivity index (χ4n) is 2.99. The highest BCUT2D eigenvalue weighted by Gasteiger charge is 2.21. The third-order valence-electron chi connectivity index (χ3n) is 4.32. The minimum absolute atomic E-state index is 0.0539. The van der Waals surface area contributed by atoms with Gasteiger partial charge in [0.15, 0.2) is 5.78 Å². The Kier molecular flexibility index (Phi) is 3.93. The molecule has 1 saturated heterocycles. The number of hydrogen-bond donors (Lipinski definition) is 0. The molecular weight excluding hydrogens is 338 g/mol. The first kappa shape index (κ1) is 15.7. The number of anilines is 1. The predicted octanol–water partition coefficient (Wildman–Crippen LogP) is 2.47. The largest absolute Gasteiger partial charge is 0.312 e. The fraction of sp³-hybridized carbons (Fsp3) is 0.222. The maximum Gasteiger partial charge on any atom is 0.271 e. The summed E-state index contributed by atoms with van der Waals surface area (Å²) in [6.45, 7) is 0.662. The van der Waals surface area contributed by atoms with Gasteiger partial charge in [0, 0.05) is 24.2 Å². The van der Waals surface area contributed by atoms with E-state index in [0.717, 1.165) is 12.1 Å². The topological polar surface area (TPSA) is 72.3 Å². The summed E-state index contributed by atoms with van der Waals surface area (Å²) in [4.78, 5) is 42.5. The van der Waals surface area contributed by atoms with Crippen LogP contribution in [-0.2, 0) is 11.3 Å². The molecule has 0 aliphatic carbocycles. The quantitative estimate of drug-likeness (QED) is 0.676. The third kappa shape index (κ3) is 2.87. The number of rotatable bonds is 4. The van der Waals surface area contributed by atoms with Crippen molar-refractivity contribution in [2.24, 2.45) is 0 Å². The number of thiophene rings is 1. The molecule has 1 fully saturated rings. The molecule has 126 valence electrons. The number of benzene rings is 1. The van der Waals surface area contributed by atoms with Crippen molar-refractivity contribution in [1.29, 1.82) is 0 Å². The van der Waals surface area contributed by atoms with Gasteiger partial charge < -0.3 is 4.90 Å². The summed E-state index contributed by atoms with van der Waals surface area (Å²) < 4.78 is 1.89. The van der Waals surface area contributed by atoms with Crippen LogP contribution in [0.2, 0.25) is 0 Å². The highest BCUT2D eigenvalue weighted by atomic mass is 32.1. The van der Waals surface area contributed by atoms with E-state index in [2.05, 4.69) is 4.98 Å². The molecule has 0 atom stereocenters. The van der Waals surface area contributed by atoms with E-state index in [-0.39, 0.29) is 23.8 Å². The van der Waals surface area contributed by atoms with Crippen LogP contribution in [0.25, 0.3) is 10.2 Å². The van der Waals surface area contributed by atoms with E-state index in [1.165, 1.54) is 22.2 Å². The maximum absolute atomic E-state index is 12.5. The van der Waals surface area contributed by atoms with Crippen LogP contribution in [0.1, 0.15) is 23.2 Å². The van der Waals surface area contributed by atoms with Crippen LogP contribution in [0.3, 0.4) is 0 Å². The lowest BCUT2D eigenvalue weighted by Gasteiger charge is -2.15. The molecule has 7 heteroatoms. The average Bonchev–Trinajstić information content (AvgIpc) is 3.26. The molecule has 4 rings (SSSR count). The number of amides is 1. The number of ketones is 1. The van der Waals surface area contributed by atoms with Crippen molar-refractivity contribution in [3.05, 3.63) is 58.0 Å². The zero-order valence-electron chi connectivity index (χ0n) is 13.3. The van der Waals surface area contributed by atoms with Crippen molar-refractivity contribution in [3.63, 3.8) is 0 Å². The molecule has 1 aromatic carbocycles. The van der Waals surface area contributed by atoms with Crippen LogP contribution in [0.4, 0.5) is 5.69 Å². The number of Topliss-reactive ketones (excluding diaryl/α,β-unsaturated/α-hetero) is 1. The lowest BCUT2D eigenvalue weighted by atomic mass is 10.1. The second-order valence-electron chi connectivity index (χ2n) is 5.93. The zero-order valence-corrected chi connectivity index (χ0v) is 14.2. The molecule has 1 amide bonds. The SMILES string of the molecule is O=C(Cn1cnc2ccsc2c1=O)c1ccc(N2CCCC2=O)cc1. The Morgan fingerprint density at radius 3 is 2.68 bits per heavy atom. The minimum Gasteiger partial charge on any atom is -0.312 e. The second-order valence-corrected chi connectivity index (χ2v) is 6.85.